The molecule has 1 aliphatic heterocycles. The zero-order valence-electron chi connectivity index (χ0n) is 10.4. The van der Waals surface area contributed by atoms with Gasteiger partial charge >= 0.3 is 0 Å². The summed E-state index contributed by atoms with van der Waals surface area (Å²) in [5.41, 5.74) is 5.76. The van der Waals surface area contributed by atoms with Crippen molar-refractivity contribution in [1.82, 2.24) is 9.80 Å². The van der Waals surface area contributed by atoms with Crippen molar-refractivity contribution in [1.29, 1.82) is 0 Å². The SMILES string of the molecule is CC(C(=O)N1CCN(C)CC1CN)C1CC1. The molecular weight excluding hydrogens is 202 g/mol. The molecule has 0 radical (unpaired) electrons. The lowest BCUT2D eigenvalue weighted by atomic mass is 10.0. The lowest BCUT2D eigenvalue weighted by Gasteiger charge is -2.40. The number of likely N-dealkylation sites (N-methyl/N-ethyl adjacent to an activating group) is 1. The molecule has 2 N–H and O–H groups in total. The highest BCUT2D eigenvalue weighted by molar-refractivity contribution is 5.79. The van der Waals surface area contributed by atoms with Gasteiger partial charge in [0.25, 0.3) is 0 Å². The fraction of sp³-hybridized carbons (Fsp3) is 0.917. The maximum absolute atomic E-state index is 12.3. The number of nitrogens with zero attached hydrogens (tertiary/aromatic N) is 2. The normalized spacial score (nSPS) is 29.2. The third-order valence-corrected chi connectivity index (χ3v) is 3.96. The van der Waals surface area contributed by atoms with Gasteiger partial charge in [0.15, 0.2) is 0 Å². The lowest BCUT2D eigenvalue weighted by molar-refractivity contribution is -0.140. The van der Waals surface area contributed by atoms with Gasteiger partial charge in [-0.25, -0.2) is 0 Å². The van der Waals surface area contributed by atoms with Crippen LogP contribution in [0.25, 0.3) is 0 Å². The minimum Gasteiger partial charge on any atom is -0.336 e. The van der Waals surface area contributed by atoms with Gasteiger partial charge in [0.05, 0.1) is 6.04 Å². The van der Waals surface area contributed by atoms with Crippen LogP contribution in [0.3, 0.4) is 0 Å². The Labute approximate surface area is 97.8 Å². The van der Waals surface area contributed by atoms with Gasteiger partial charge in [0.1, 0.15) is 0 Å². The van der Waals surface area contributed by atoms with Crippen LogP contribution in [0.5, 0.6) is 0 Å². The summed E-state index contributed by atoms with van der Waals surface area (Å²) < 4.78 is 0. The molecule has 1 saturated heterocycles. The van der Waals surface area contributed by atoms with Crippen molar-refractivity contribution < 1.29 is 4.79 Å². The Morgan fingerprint density at radius 3 is 2.69 bits per heavy atom. The van der Waals surface area contributed by atoms with Crippen LogP contribution in [-0.2, 0) is 4.79 Å². The lowest BCUT2D eigenvalue weighted by Crippen LogP contribution is -2.58. The van der Waals surface area contributed by atoms with E-state index < -0.39 is 0 Å². The molecule has 0 aromatic heterocycles. The third-order valence-electron chi connectivity index (χ3n) is 3.96. The second-order valence-corrected chi connectivity index (χ2v) is 5.31. The average Bonchev–Trinajstić information content (AvgIpc) is 3.10. The van der Waals surface area contributed by atoms with E-state index in [9.17, 15) is 4.79 Å². The van der Waals surface area contributed by atoms with E-state index in [1.807, 2.05) is 4.90 Å². The van der Waals surface area contributed by atoms with E-state index in [0.29, 0.717) is 18.4 Å². The largest absolute Gasteiger partial charge is 0.336 e. The molecule has 0 bridgehead atoms. The summed E-state index contributed by atoms with van der Waals surface area (Å²) in [4.78, 5) is 16.6. The number of carbonyl (C=O) groups is 1. The zero-order valence-corrected chi connectivity index (χ0v) is 10.4. The minimum atomic E-state index is 0.206. The number of rotatable bonds is 3. The number of nitrogens with two attached hydrogens (primary N) is 1. The molecule has 2 aliphatic rings. The summed E-state index contributed by atoms with van der Waals surface area (Å²) in [5.74, 6) is 1.18. The van der Waals surface area contributed by atoms with Gasteiger partial charge in [-0.3, -0.25) is 4.79 Å². The van der Waals surface area contributed by atoms with Crippen molar-refractivity contribution in [2.24, 2.45) is 17.6 Å². The van der Waals surface area contributed by atoms with E-state index in [0.717, 1.165) is 19.6 Å². The van der Waals surface area contributed by atoms with E-state index in [2.05, 4.69) is 18.9 Å². The van der Waals surface area contributed by atoms with Crippen molar-refractivity contribution in [3.05, 3.63) is 0 Å². The summed E-state index contributed by atoms with van der Waals surface area (Å²) in [7, 11) is 2.09. The van der Waals surface area contributed by atoms with Crippen LogP contribution >= 0.6 is 0 Å². The van der Waals surface area contributed by atoms with E-state index in [1.165, 1.54) is 12.8 Å². The molecule has 1 amide bonds. The Balaban J connectivity index is 1.97. The Hall–Kier alpha value is -0.610. The van der Waals surface area contributed by atoms with Gasteiger partial charge < -0.3 is 15.5 Å². The van der Waals surface area contributed by atoms with Crippen molar-refractivity contribution in [2.45, 2.75) is 25.8 Å². The van der Waals surface area contributed by atoms with E-state index in [4.69, 9.17) is 5.73 Å². The number of piperazine rings is 1. The highest BCUT2D eigenvalue weighted by atomic mass is 16.2. The molecule has 2 fully saturated rings. The van der Waals surface area contributed by atoms with Crippen LogP contribution in [-0.4, -0.2) is 55.0 Å². The average molecular weight is 225 g/mol. The van der Waals surface area contributed by atoms with Crippen LogP contribution in [0.4, 0.5) is 0 Å². The second kappa shape index (κ2) is 4.72. The predicted octanol–water partition coefficient (Wildman–Crippen LogP) is 0.134. The molecule has 0 spiro atoms. The molecule has 1 saturated carbocycles. The fourth-order valence-corrected chi connectivity index (χ4v) is 2.56. The molecule has 2 atom stereocenters. The van der Waals surface area contributed by atoms with Gasteiger partial charge in [-0.1, -0.05) is 6.92 Å². The van der Waals surface area contributed by atoms with E-state index >= 15 is 0 Å². The predicted molar refractivity (Wildman–Crippen MR) is 63.9 cm³/mol. The van der Waals surface area contributed by atoms with Crippen molar-refractivity contribution in [3.8, 4) is 0 Å². The van der Waals surface area contributed by atoms with E-state index in [1.54, 1.807) is 0 Å². The first-order valence-corrected chi connectivity index (χ1v) is 6.32. The maximum atomic E-state index is 12.3. The maximum Gasteiger partial charge on any atom is 0.226 e. The molecule has 16 heavy (non-hydrogen) atoms. The standard InChI is InChI=1S/C12H23N3O/c1-9(10-3-4-10)12(16)15-6-5-14(2)8-11(15)7-13/h9-11H,3-8,13H2,1-2H3. The summed E-state index contributed by atoms with van der Waals surface area (Å²) >= 11 is 0. The van der Waals surface area contributed by atoms with Crippen LogP contribution in [0, 0.1) is 11.8 Å². The highest BCUT2D eigenvalue weighted by Crippen LogP contribution is 2.37. The van der Waals surface area contributed by atoms with Crippen LogP contribution < -0.4 is 5.73 Å². The smallest absolute Gasteiger partial charge is 0.226 e. The second-order valence-electron chi connectivity index (χ2n) is 5.31. The number of amides is 1. The van der Waals surface area contributed by atoms with Gasteiger partial charge in [-0.05, 0) is 25.8 Å². The van der Waals surface area contributed by atoms with Crippen LogP contribution in [0.15, 0.2) is 0 Å². The number of carbonyl (C=O) groups excluding carboxylic acids is 1. The Morgan fingerprint density at radius 1 is 1.44 bits per heavy atom. The summed E-state index contributed by atoms with van der Waals surface area (Å²) in [5, 5.41) is 0. The molecule has 1 heterocycles. The van der Waals surface area contributed by atoms with Gasteiger partial charge in [-0.15, -0.1) is 0 Å². The fourth-order valence-electron chi connectivity index (χ4n) is 2.56. The molecular formula is C12H23N3O. The molecule has 2 unspecified atom stereocenters. The molecule has 0 aromatic carbocycles. The minimum absolute atomic E-state index is 0.206. The summed E-state index contributed by atoms with van der Waals surface area (Å²) in [6, 6.07) is 0.215. The number of hydrogen-bond acceptors (Lipinski definition) is 3. The van der Waals surface area contributed by atoms with E-state index in [-0.39, 0.29) is 12.0 Å². The van der Waals surface area contributed by atoms with Gasteiger partial charge in [0.2, 0.25) is 5.91 Å². The summed E-state index contributed by atoms with van der Waals surface area (Å²) in [6.07, 6.45) is 2.46. The number of hydrogen-bond donors (Lipinski definition) is 1. The molecule has 4 nitrogen and oxygen atoms in total. The zero-order chi connectivity index (χ0) is 11.7. The monoisotopic (exact) mass is 225 g/mol. The molecule has 1 aliphatic carbocycles. The topological polar surface area (TPSA) is 49.6 Å². The van der Waals surface area contributed by atoms with Crippen LogP contribution in [0.1, 0.15) is 19.8 Å². The highest BCUT2D eigenvalue weighted by Gasteiger charge is 2.37. The molecule has 2 rings (SSSR count). The van der Waals surface area contributed by atoms with Crippen LogP contribution in [0.2, 0.25) is 0 Å². The quantitative estimate of drug-likeness (QED) is 0.743. The van der Waals surface area contributed by atoms with Crippen molar-refractivity contribution >= 4 is 5.91 Å². The Bertz CT molecular complexity index is 265. The summed E-state index contributed by atoms with van der Waals surface area (Å²) in [6.45, 7) is 5.38. The first-order chi connectivity index (χ1) is 7.63. The van der Waals surface area contributed by atoms with Gasteiger partial charge in [-0.2, -0.15) is 0 Å². The Kier molecular flexibility index (Phi) is 3.50. The first-order valence-electron chi connectivity index (χ1n) is 6.32. The molecule has 92 valence electrons. The molecule has 4 heteroatoms. The third kappa shape index (κ3) is 2.38. The van der Waals surface area contributed by atoms with Gasteiger partial charge in [0, 0.05) is 32.1 Å². The molecule has 0 aromatic rings. The van der Waals surface area contributed by atoms with Crippen molar-refractivity contribution in [2.75, 3.05) is 33.2 Å². The van der Waals surface area contributed by atoms with Crippen molar-refractivity contribution in [3.63, 3.8) is 0 Å². The Morgan fingerprint density at radius 2 is 2.12 bits per heavy atom. The first kappa shape index (κ1) is 11.9.